The minimum Gasteiger partial charge on any atom is -0.457 e. The Labute approximate surface area is 165 Å². The summed E-state index contributed by atoms with van der Waals surface area (Å²) in [7, 11) is 0. The van der Waals surface area contributed by atoms with Crippen molar-refractivity contribution in [2.45, 2.75) is 122 Å². The van der Waals surface area contributed by atoms with E-state index in [0.29, 0.717) is 6.61 Å². The van der Waals surface area contributed by atoms with Crippen molar-refractivity contribution in [3.63, 3.8) is 0 Å². The molecule has 5 nitrogen and oxygen atoms in total. The first-order valence-corrected chi connectivity index (χ1v) is 11.1. The van der Waals surface area contributed by atoms with Gasteiger partial charge in [0, 0.05) is 13.8 Å². The molecule has 0 bridgehead atoms. The molecule has 1 amide bonds. The number of hydrogen-bond donors (Lipinski definition) is 1. The van der Waals surface area contributed by atoms with Gasteiger partial charge in [0.25, 0.3) is 0 Å². The minimum absolute atomic E-state index is 0.103. The lowest BCUT2D eigenvalue weighted by Gasteiger charge is -2.23. The summed E-state index contributed by atoms with van der Waals surface area (Å²) in [5.41, 5.74) is 0. The smallest absolute Gasteiger partial charge is 0.303 e. The highest BCUT2D eigenvalue weighted by molar-refractivity contribution is 5.73. The number of rotatable bonds is 15. The second-order valence-electron chi connectivity index (χ2n) is 7.93. The van der Waals surface area contributed by atoms with Crippen molar-refractivity contribution in [1.29, 1.82) is 0 Å². The largest absolute Gasteiger partial charge is 0.457 e. The van der Waals surface area contributed by atoms with Gasteiger partial charge >= 0.3 is 5.97 Å². The maximum absolute atomic E-state index is 11.4. The second kappa shape index (κ2) is 14.9. The van der Waals surface area contributed by atoms with Crippen LogP contribution < -0.4 is 5.32 Å². The van der Waals surface area contributed by atoms with E-state index < -0.39 is 0 Å². The monoisotopic (exact) mass is 383 g/mol. The van der Waals surface area contributed by atoms with Gasteiger partial charge in [0.1, 0.15) is 0 Å². The van der Waals surface area contributed by atoms with Crippen LogP contribution in [0.1, 0.15) is 104 Å². The van der Waals surface area contributed by atoms with Crippen LogP contribution in [0.15, 0.2) is 0 Å². The summed E-state index contributed by atoms with van der Waals surface area (Å²) >= 11 is 0. The molecule has 0 radical (unpaired) electrons. The molecule has 0 aromatic carbocycles. The van der Waals surface area contributed by atoms with E-state index >= 15 is 0 Å². The second-order valence-corrected chi connectivity index (χ2v) is 7.93. The average molecular weight is 384 g/mol. The summed E-state index contributed by atoms with van der Waals surface area (Å²) in [6, 6.07) is -0.228. The molecule has 0 aromatic heterocycles. The summed E-state index contributed by atoms with van der Waals surface area (Å²) < 4.78 is 11.2. The highest BCUT2D eigenvalue weighted by Gasteiger charge is 2.39. The fourth-order valence-electron chi connectivity index (χ4n) is 3.84. The summed E-state index contributed by atoms with van der Waals surface area (Å²) in [6.45, 7) is 5.56. The van der Waals surface area contributed by atoms with Crippen LogP contribution in [0.4, 0.5) is 0 Å². The molecule has 1 N–H and O–H groups in total. The van der Waals surface area contributed by atoms with Crippen molar-refractivity contribution in [2.24, 2.45) is 0 Å². The lowest BCUT2D eigenvalue weighted by molar-refractivity contribution is -0.150. The lowest BCUT2D eigenvalue weighted by atomic mass is 10.0. The molecular weight excluding hydrogens is 342 g/mol. The van der Waals surface area contributed by atoms with Crippen molar-refractivity contribution < 1.29 is 19.1 Å². The van der Waals surface area contributed by atoms with Gasteiger partial charge in [-0.1, -0.05) is 84.0 Å². The SMILES string of the molecule is CCCCCCCCCCCCCC[C@H]1OC[C@H](NC(C)=O)[C@@H]1OC(C)=O. The Morgan fingerprint density at radius 2 is 1.41 bits per heavy atom. The predicted molar refractivity (Wildman–Crippen MR) is 109 cm³/mol. The summed E-state index contributed by atoms with van der Waals surface area (Å²) in [4.78, 5) is 22.7. The van der Waals surface area contributed by atoms with E-state index in [0.717, 1.165) is 12.8 Å². The van der Waals surface area contributed by atoms with Crippen LogP contribution >= 0.6 is 0 Å². The van der Waals surface area contributed by atoms with Gasteiger partial charge in [0.2, 0.25) is 5.91 Å². The van der Waals surface area contributed by atoms with Crippen molar-refractivity contribution in [2.75, 3.05) is 6.61 Å². The molecule has 1 aliphatic heterocycles. The third-order valence-electron chi connectivity index (χ3n) is 5.29. The van der Waals surface area contributed by atoms with Gasteiger partial charge in [0.15, 0.2) is 6.10 Å². The number of hydrogen-bond acceptors (Lipinski definition) is 4. The molecule has 158 valence electrons. The van der Waals surface area contributed by atoms with Crippen molar-refractivity contribution in [1.82, 2.24) is 5.32 Å². The first-order valence-electron chi connectivity index (χ1n) is 11.1. The van der Waals surface area contributed by atoms with Gasteiger partial charge in [0.05, 0.1) is 18.8 Å². The molecule has 1 rings (SSSR count). The lowest BCUT2D eigenvalue weighted by Crippen LogP contribution is -2.45. The molecule has 0 unspecified atom stereocenters. The van der Waals surface area contributed by atoms with Crippen molar-refractivity contribution in [3.05, 3.63) is 0 Å². The fourth-order valence-corrected chi connectivity index (χ4v) is 3.84. The predicted octanol–water partition coefficient (Wildman–Crippen LogP) is 4.91. The zero-order valence-corrected chi connectivity index (χ0v) is 17.8. The molecule has 1 saturated heterocycles. The number of nitrogens with one attached hydrogen (secondary N) is 1. The Bertz CT molecular complexity index is 413. The van der Waals surface area contributed by atoms with E-state index in [1.165, 1.54) is 84.5 Å². The number of carbonyl (C=O) groups is 2. The first kappa shape index (κ1) is 23.9. The van der Waals surface area contributed by atoms with Gasteiger partial charge < -0.3 is 14.8 Å². The molecule has 0 aliphatic carbocycles. The van der Waals surface area contributed by atoms with Gasteiger partial charge in [-0.25, -0.2) is 0 Å². The summed E-state index contributed by atoms with van der Waals surface area (Å²) in [5, 5.41) is 2.83. The van der Waals surface area contributed by atoms with E-state index in [9.17, 15) is 9.59 Å². The van der Waals surface area contributed by atoms with Crippen LogP contribution in [-0.2, 0) is 19.1 Å². The van der Waals surface area contributed by atoms with Crippen LogP contribution in [-0.4, -0.2) is 36.7 Å². The zero-order valence-electron chi connectivity index (χ0n) is 17.8. The molecule has 27 heavy (non-hydrogen) atoms. The maximum atomic E-state index is 11.4. The number of ether oxygens (including phenoxy) is 2. The van der Waals surface area contributed by atoms with Crippen LogP contribution in [0.2, 0.25) is 0 Å². The van der Waals surface area contributed by atoms with E-state index in [2.05, 4.69) is 12.2 Å². The number of amides is 1. The molecular formula is C22H41NO4. The number of carbonyl (C=O) groups excluding carboxylic acids is 2. The molecule has 3 atom stereocenters. The minimum atomic E-state index is -0.362. The Morgan fingerprint density at radius 3 is 1.89 bits per heavy atom. The summed E-state index contributed by atoms with van der Waals surface area (Å²) in [5.74, 6) is -0.438. The maximum Gasteiger partial charge on any atom is 0.303 e. The molecule has 5 heteroatoms. The van der Waals surface area contributed by atoms with Gasteiger partial charge in [-0.3, -0.25) is 9.59 Å². The third kappa shape index (κ3) is 11.4. The van der Waals surface area contributed by atoms with Crippen LogP contribution in [0, 0.1) is 0 Å². The molecule has 0 spiro atoms. The molecule has 0 saturated carbocycles. The Balaban J connectivity index is 2.07. The quantitative estimate of drug-likeness (QED) is 0.322. The van der Waals surface area contributed by atoms with Crippen molar-refractivity contribution in [3.8, 4) is 0 Å². The van der Waals surface area contributed by atoms with Gasteiger partial charge in [-0.15, -0.1) is 0 Å². The molecule has 0 aromatic rings. The summed E-state index contributed by atoms with van der Waals surface area (Å²) in [6.07, 6.45) is 16.2. The topological polar surface area (TPSA) is 64.6 Å². The van der Waals surface area contributed by atoms with Gasteiger partial charge in [-0.2, -0.15) is 0 Å². The Kier molecular flexibility index (Phi) is 13.2. The van der Waals surface area contributed by atoms with Crippen LogP contribution in [0.25, 0.3) is 0 Å². The zero-order chi connectivity index (χ0) is 19.9. The van der Waals surface area contributed by atoms with E-state index in [-0.39, 0.29) is 30.1 Å². The molecule has 1 fully saturated rings. The third-order valence-corrected chi connectivity index (χ3v) is 5.29. The van der Waals surface area contributed by atoms with E-state index in [1.807, 2.05) is 0 Å². The Morgan fingerprint density at radius 1 is 0.889 bits per heavy atom. The standard InChI is InChI=1S/C22H41NO4/c1-4-5-6-7-8-9-10-11-12-13-14-15-16-21-22(27-19(3)25)20(17-26-21)23-18(2)24/h20-22H,4-17H2,1-3H3,(H,23,24)/t20-,21+,22-/m0/s1. The van der Waals surface area contributed by atoms with Gasteiger partial charge in [-0.05, 0) is 6.42 Å². The number of unbranched alkanes of at least 4 members (excludes halogenated alkanes) is 11. The van der Waals surface area contributed by atoms with E-state index in [1.54, 1.807) is 0 Å². The number of esters is 1. The van der Waals surface area contributed by atoms with Crippen LogP contribution in [0.3, 0.4) is 0 Å². The molecule has 1 aliphatic rings. The molecule has 1 heterocycles. The van der Waals surface area contributed by atoms with Crippen molar-refractivity contribution >= 4 is 11.9 Å². The highest BCUT2D eigenvalue weighted by Crippen LogP contribution is 2.23. The van der Waals surface area contributed by atoms with E-state index in [4.69, 9.17) is 9.47 Å². The van der Waals surface area contributed by atoms with Crippen LogP contribution in [0.5, 0.6) is 0 Å². The fraction of sp³-hybridized carbons (Fsp3) is 0.909. The Hall–Kier alpha value is -1.10. The highest BCUT2D eigenvalue weighted by atomic mass is 16.6. The average Bonchev–Trinajstić information content (AvgIpc) is 2.96. The normalized spacial score (nSPS) is 22.0. The first-order chi connectivity index (χ1) is 13.0.